The number of hydrogen-bond donors (Lipinski definition) is 1. The minimum Gasteiger partial charge on any atom is -0.247 e. The first-order valence-corrected chi connectivity index (χ1v) is 6.35. The third kappa shape index (κ3) is 2.89. The molecule has 0 atom stereocenters. The van der Waals surface area contributed by atoms with E-state index in [2.05, 4.69) is 19.7 Å². The molecule has 6 nitrogen and oxygen atoms in total. The SMILES string of the molecule is O=S(=O)(Nc1ncccn1)c1ccnc(Cl)c1. The molecule has 2 aromatic heterocycles. The monoisotopic (exact) mass is 270 g/mol. The number of sulfonamides is 1. The molecule has 17 heavy (non-hydrogen) atoms. The van der Waals surface area contributed by atoms with Gasteiger partial charge in [0.25, 0.3) is 10.0 Å². The molecule has 8 heteroatoms. The summed E-state index contributed by atoms with van der Waals surface area (Å²) in [5, 5.41) is 0.0989. The van der Waals surface area contributed by atoms with Crippen LogP contribution in [0.1, 0.15) is 0 Å². The molecule has 0 aliphatic carbocycles. The van der Waals surface area contributed by atoms with E-state index in [4.69, 9.17) is 11.6 Å². The van der Waals surface area contributed by atoms with E-state index in [-0.39, 0.29) is 16.0 Å². The molecule has 0 aliphatic heterocycles. The Labute approximate surface area is 103 Å². The highest BCUT2D eigenvalue weighted by Gasteiger charge is 2.15. The van der Waals surface area contributed by atoms with Gasteiger partial charge < -0.3 is 0 Å². The summed E-state index contributed by atoms with van der Waals surface area (Å²) in [7, 11) is -3.74. The summed E-state index contributed by atoms with van der Waals surface area (Å²) in [5.41, 5.74) is 0. The van der Waals surface area contributed by atoms with Crippen LogP contribution >= 0.6 is 11.6 Å². The van der Waals surface area contributed by atoms with E-state index >= 15 is 0 Å². The summed E-state index contributed by atoms with van der Waals surface area (Å²) < 4.78 is 26.0. The Morgan fingerprint density at radius 3 is 2.47 bits per heavy atom. The van der Waals surface area contributed by atoms with E-state index in [1.165, 1.54) is 30.7 Å². The van der Waals surface area contributed by atoms with Crippen LogP contribution < -0.4 is 4.72 Å². The fourth-order valence-corrected chi connectivity index (χ4v) is 2.29. The van der Waals surface area contributed by atoms with Gasteiger partial charge in [-0.2, -0.15) is 0 Å². The van der Waals surface area contributed by atoms with Crippen LogP contribution in [0.25, 0.3) is 0 Å². The molecule has 1 N–H and O–H groups in total. The number of hydrogen-bond acceptors (Lipinski definition) is 5. The molecular formula is C9H7ClN4O2S. The van der Waals surface area contributed by atoms with Crippen LogP contribution in [0, 0.1) is 0 Å². The molecule has 0 fully saturated rings. The topological polar surface area (TPSA) is 84.8 Å². The molecular weight excluding hydrogens is 264 g/mol. The van der Waals surface area contributed by atoms with Gasteiger partial charge in [-0.25, -0.2) is 28.1 Å². The Kier molecular flexibility index (Phi) is 3.21. The largest absolute Gasteiger partial charge is 0.264 e. The molecule has 0 aromatic carbocycles. The molecule has 0 aliphatic rings. The Balaban J connectivity index is 2.32. The average molecular weight is 271 g/mol. The first-order valence-electron chi connectivity index (χ1n) is 4.49. The molecule has 0 saturated carbocycles. The summed E-state index contributed by atoms with van der Waals surface area (Å²) in [4.78, 5) is 11.2. The van der Waals surface area contributed by atoms with E-state index in [0.29, 0.717) is 0 Å². The summed E-state index contributed by atoms with van der Waals surface area (Å²) >= 11 is 5.62. The predicted octanol–water partition coefficient (Wildman–Crippen LogP) is 1.33. The standard InChI is InChI=1S/C9H7ClN4O2S/c10-8-6-7(2-5-11-8)17(15,16)14-9-12-3-1-4-13-9/h1-6H,(H,12,13,14). The van der Waals surface area contributed by atoms with Gasteiger partial charge in [0.05, 0.1) is 4.90 Å². The maximum atomic E-state index is 11.9. The van der Waals surface area contributed by atoms with Crippen LogP contribution in [-0.2, 0) is 10.0 Å². The van der Waals surface area contributed by atoms with Crippen LogP contribution in [-0.4, -0.2) is 23.4 Å². The van der Waals surface area contributed by atoms with Crippen molar-refractivity contribution in [3.8, 4) is 0 Å². The molecule has 0 amide bonds. The lowest BCUT2D eigenvalue weighted by Crippen LogP contribution is -2.14. The van der Waals surface area contributed by atoms with Crippen molar-refractivity contribution in [1.29, 1.82) is 0 Å². The second-order valence-corrected chi connectivity index (χ2v) is 5.06. The van der Waals surface area contributed by atoms with Gasteiger partial charge in [0.15, 0.2) is 0 Å². The van der Waals surface area contributed by atoms with Gasteiger partial charge in [-0.05, 0) is 18.2 Å². The van der Waals surface area contributed by atoms with Gasteiger partial charge in [0.2, 0.25) is 5.95 Å². The second-order valence-electron chi connectivity index (χ2n) is 2.99. The number of nitrogens with one attached hydrogen (secondary N) is 1. The lowest BCUT2D eigenvalue weighted by atomic mass is 10.5. The van der Waals surface area contributed by atoms with Crippen molar-refractivity contribution in [3.63, 3.8) is 0 Å². The molecule has 0 unspecified atom stereocenters. The number of pyridine rings is 1. The zero-order chi connectivity index (χ0) is 12.3. The fraction of sp³-hybridized carbons (Fsp3) is 0. The highest BCUT2D eigenvalue weighted by Crippen LogP contribution is 2.15. The van der Waals surface area contributed by atoms with Crippen molar-refractivity contribution in [2.24, 2.45) is 0 Å². The summed E-state index contributed by atoms with van der Waals surface area (Å²) in [6.07, 6.45) is 4.18. The smallest absolute Gasteiger partial charge is 0.247 e. The van der Waals surface area contributed by atoms with Gasteiger partial charge in [0.1, 0.15) is 5.15 Å². The highest BCUT2D eigenvalue weighted by molar-refractivity contribution is 7.92. The van der Waals surface area contributed by atoms with Crippen molar-refractivity contribution in [3.05, 3.63) is 41.9 Å². The minimum absolute atomic E-state index is 0.000402. The van der Waals surface area contributed by atoms with E-state index in [9.17, 15) is 8.42 Å². The number of rotatable bonds is 3. The van der Waals surface area contributed by atoms with Gasteiger partial charge in [-0.1, -0.05) is 11.6 Å². The fourth-order valence-electron chi connectivity index (χ4n) is 1.08. The normalized spacial score (nSPS) is 11.1. The lowest BCUT2D eigenvalue weighted by Gasteiger charge is -2.05. The molecule has 2 aromatic rings. The molecule has 0 radical (unpaired) electrons. The van der Waals surface area contributed by atoms with E-state index in [1.807, 2.05) is 0 Å². The summed E-state index contributed by atoms with van der Waals surface area (Å²) in [6, 6.07) is 4.16. The molecule has 2 heterocycles. The van der Waals surface area contributed by atoms with Crippen molar-refractivity contribution in [2.75, 3.05) is 4.72 Å². The Hall–Kier alpha value is -1.73. The van der Waals surface area contributed by atoms with Crippen molar-refractivity contribution in [1.82, 2.24) is 15.0 Å². The van der Waals surface area contributed by atoms with Gasteiger partial charge in [-0.15, -0.1) is 0 Å². The average Bonchev–Trinajstić information content (AvgIpc) is 2.30. The van der Waals surface area contributed by atoms with Crippen molar-refractivity contribution in [2.45, 2.75) is 4.90 Å². The number of halogens is 1. The quantitative estimate of drug-likeness (QED) is 0.851. The maximum Gasteiger partial charge on any atom is 0.264 e. The van der Waals surface area contributed by atoms with Crippen molar-refractivity contribution >= 4 is 27.6 Å². The maximum absolute atomic E-state index is 11.9. The summed E-state index contributed by atoms with van der Waals surface area (Å²) in [6.45, 7) is 0. The first kappa shape index (κ1) is 11.7. The van der Waals surface area contributed by atoms with Crippen LogP contribution in [0.4, 0.5) is 5.95 Å². The Morgan fingerprint density at radius 1 is 1.12 bits per heavy atom. The third-order valence-corrected chi connectivity index (χ3v) is 3.33. The number of nitrogens with zero attached hydrogens (tertiary/aromatic N) is 3. The lowest BCUT2D eigenvalue weighted by molar-refractivity contribution is 0.600. The Bertz CT molecular complexity index is 618. The van der Waals surface area contributed by atoms with E-state index in [0.717, 1.165) is 0 Å². The number of anilines is 1. The zero-order valence-corrected chi connectivity index (χ0v) is 9.98. The van der Waals surface area contributed by atoms with E-state index < -0.39 is 10.0 Å². The van der Waals surface area contributed by atoms with Crippen LogP contribution in [0.2, 0.25) is 5.15 Å². The predicted molar refractivity (Wildman–Crippen MR) is 62.1 cm³/mol. The molecule has 0 bridgehead atoms. The number of aromatic nitrogens is 3. The third-order valence-electron chi connectivity index (χ3n) is 1.80. The Morgan fingerprint density at radius 2 is 1.82 bits per heavy atom. The molecule has 88 valence electrons. The minimum atomic E-state index is -3.74. The second kappa shape index (κ2) is 4.64. The molecule has 0 saturated heterocycles. The van der Waals surface area contributed by atoms with Gasteiger partial charge >= 0.3 is 0 Å². The highest BCUT2D eigenvalue weighted by atomic mass is 35.5. The zero-order valence-electron chi connectivity index (χ0n) is 8.41. The van der Waals surface area contributed by atoms with E-state index in [1.54, 1.807) is 6.07 Å². The van der Waals surface area contributed by atoms with Gasteiger partial charge in [-0.3, -0.25) is 0 Å². The van der Waals surface area contributed by atoms with Crippen LogP contribution in [0.5, 0.6) is 0 Å². The van der Waals surface area contributed by atoms with Crippen molar-refractivity contribution < 1.29 is 8.42 Å². The van der Waals surface area contributed by atoms with Gasteiger partial charge in [0, 0.05) is 18.6 Å². The van der Waals surface area contributed by atoms with Crippen LogP contribution in [0.15, 0.2) is 41.7 Å². The summed E-state index contributed by atoms with van der Waals surface area (Å²) in [5.74, 6) is 0.000402. The first-order chi connectivity index (χ1) is 8.08. The molecule has 2 rings (SSSR count). The van der Waals surface area contributed by atoms with Crippen LogP contribution in [0.3, 0.4) is 0 Å². The molecule has 0 spiro atoms.